The zero-order valence-electron chi connectivity index (χ0n) is 17.8. The summed E-state index contributed by atoms with van der Waals surface area (Å²) in [4.78, 5) is 16.4. The minimum atomic E-state index is -0.0664. The maximum Gasteiger partial charge on any atom is 0.260 e. The molecule has 0 bridgehead atoms. The minimum absolute atomic E-state index is 0.0318. The highest BCUT2D eigenvalue weighted by Crippen LogP contribution is 2.35. The molecule has 0 spiro atoms. The topological polar surface area (TPSA) is 101 Å². The van der Waals surface area contributed by atoms with Crippen LogP contribution in [0.15, 0.2) is 54.6 Å². The molecule has 0 saturated carbocycles. The fraction of sp³-hybridized carbons (Fsp3) is 0.250. The molecule has 0 N–H and O–H groups in total. The molecule has 1 saturated heterocycles. The summed E-state index contributed by atoms with van der Waals surface area (Å²) in [6, 6.07) is 18.3. The van der Waals surface area contributed by atoms with Crippen molar-refractivity contribution in [2.45, 2.75) is 0 Å². The quantitative estimate of drug-likeness (QED) is 0.593. The number of benzene rings is 2. The molecule has 3 heterocycles. The molecule has 166 valence electrons. The van der Waals surface area contributed by atoms with E-state index in [1.54, 1.807) is 29.2 Å². The smallest absolute Gasteiger partial charge is 0.260 e. The number of nitriles is 1. The second kappa shape index (κ2) is 9.04. The van der Waals surface area contributed by atoms with Crippen LogP contribution in [0, 0.1) is 11.3 Å². The predicted molar refractivity (Wildman–Crippen MR) is 119 cm³/mol. The summed E-state index contributed by atoms with van der Waals surface area (Å²) in [7, 11) is 0. The van der Waals surface area contributed by atoms with Crippen LogP contribution >= 0.6 is 0 Å². The molecule has 1 aromatic heterocycles. The standard InChI is InChI=1S/C24H21N5O4/c25-14-17-1-4-19(5-2-17)31-15-24(30)29-11-9-28(10-12-29)23-8-6-20(26-27-23)18-3-7-21-22(13-18)33-16-32-21/h1-8,13H,9-12,15-16H2. The van der Waals surface area contributed by atoms with Crippen LogP contribution in [-0.4, -0.2) is 60.6 Å². The Morgan fingerprint density at radius 3 is 2.48 bits per heavy atom. The van der Waals surface area contributed by atoms with Gasteiger partial charge >= 0.3 is 0 Å². The van der Waals surface area contributed by atoms with Crippen LogP contribution in [0.4, 0.5) is 5.82 Å². The van der Waals surface area contributed by atoms with Gasteiger partial charge in [-0.25, -0.2) is 0 Å². The monoisotopic (exact) mass is 443 g/mol. The molecule has 2 aliphatic heterocycles. The van der Waals surface area contributed by atoms with Crippen molar-refractivity contribution in [1.82, 2.24) is 15.1 Å². The van der Waals surface area contributed by atoms with Gasteiger partial charge in [0, 0.05) is 31.7 Å². The van der Waals surface area contributed by atoms with Crippen LogP contribution in [0.2, 0.25) is 0 Å². The third kappa shape index (κ3) is 4.50. The lowest BCUT2D eigenvalue weighted by Crippen LogP contribution is -2.50. The maximum atomic E-state index is 12.5. The molecular weight excluding hydrogens is 422 g/mol. The van der Waals surface area contributed by atoms with Crippen molar-refractivity contribution in [3.05, 3.63) is 60.2 Å². The minimum Gasteiger partial charge on any atom is -0.484 e. The number of anilines is 1. The molecule has 1 amide bonds. The molecule has 0 radical (unpaired) electrons. The fourth-order valence-corrected chi connectivity index (χ4v) is 3.75. The van der Waals surface area contributed by atoms with Crippen molar-refractivity contribution in [1.29, 1.82) is 5.26 Å². The number of nitrogens with zero attached hydrogens (tertiary/aromatic N) is 5. The molecule has 0 aliphatic carbocycles. The summed E-state index contributed by atoms with van der Waals surface area (Å²) in [6.07, 6.45) is 0. The van der Waals surface area contributed by atoms with E-state index in [4.69, 9.17) is 19.5 Å². The van der Waals surface area contributed by atoms with Crippen LogP contribution in [0.25, 0.3) is 11.3 Å². The molecule has 5 rings (SSSR count). The number of fused-ring (bicyclic) bond motifs is 1. The Hall–Kier alpha value is -4.32. The Balaban J connectivity index is 1.14. The van der Waals surface area contributed by atoms with Gasteiger partial charge in [0.05, 0.1) is 17.3 Å². The highest BCUT2D eigenvalue weighted by atomic mass is 16.7. The zero-order chi connectivity index (χ0) is 22.6. The highest BCUT2D eigenvalue weighted by Gasteiger charge is 2.23. The van der Waals surface area contributed by atoms with Crippen molar-refractivity contribution < 1.29 is 19.0 Å². The van der Waals surface area contributed by atoms with Gasteiger partial charge in [0.25, 0.3) is 5.91 Å². The Kier molecular flexibility index (Phi) is 5.64. The number of piperazine rings is 1. The largest absolute Gasteiger partial charge is 0.484 e. The van der Waals surface area contributed by atoms with Crippen molar-refractivity contribution in [2.24, 2.45) is 0 Å². The van der Waals surface area contributed by atoms with E-state index in [0.717, 1.165) is 22.8 Å². The molecule has 1 fully saturated rings. The first-order chi connectivity index (χ1) is 16.2. The predicted octanol–water partition coefficient (Wildman–Crippen LogP) is 2.47. The summed E-state index contributed by atoms with van der Waals surface area (Å²) in [6.45, 7) is 2.71. The van der Waals surface area contributed by atoms with Gasteiger partial charge in [-0.15, -0.1) is 10.2 Å². The van der Waals surface area contributed by atoms with Gasteiger partial charge in [-0.2, -0.15) is 5.26 Å². The number of ether oxygens (including phenoxy) is 3. The number of carbonyl (C=O) groups excluding carboxylic acids is 1. The van der Waals surface area contributed by atoms with E-state index in [0.29, 0.717) is 43.2 Å². The lowest BCUT2D eigenvalue weighted by Gasteiger charge is -2.35. The van der Waals surface area contributed by atoms with E-state index in [1.165, 1.54) is 0 Å². The first-order valence-corrected chi connectivity index (χ1v) is 10.6. The van der Waals surface area contributed by atoms with Crippen molar-refractivity contribution in [3.63, 3.8) is 0 Å². The number of carbonyl (C=O) groups is 1. The third-order valence-electron chi connectivity index (χ3n) is 5.62. The maximum absolute atomic E-state index is 12.5. The van der Waals surface area contributed by atoms with E-state index >= 15 is 0 Å². The lowest BCUT2D eigenvalue weighted by atomic mass is 10.1. The Bertz CT molecular complexity index is 1180. The van der Waals surface area contributed by atoms with E-state index < -0.39 is 0 Å². The summed E-state index contributed by atoms with van der Waals surface area (Å²) in [5, 5.41) is 17.6. The summed E-state index contributed by atoms with van der Waals surface area (Å²) < 4.78 is 16.3. The van der Waals surface area contributed by atoms with E-state index in [2.05, 4.69) is 21.2 Å². The molecule has 2 aromatic carbocycles. The fourth-order valence-electron chi connectivity index (χ4n) is 3.75. The summed E-state index contributed by atoms with van der Waals surface area (Å²) in [5.41, 5.74) is 2.22. The average molecular weight is 443 g/mol. The van der Waals surface area contributed by atoms with Gasteiger partial charge in [0.1, 0.15) is 5.75 Å². The summed E-state index contributed by atoms with van der Waals surface area (Å²) in [5.74, 6) is 2.72. The second-order valence-corrected chi connectivity index (χ2v) is 7.64. The van der Waals surface area contributed by atoms with Gasteiger partial charge in [0.15, 0.2) is 23.9 Å². The van der Waals surface area contributed by atoms with Crippen LogP contribution in [-0.2, 0) is 4.79 Å². The van der Waals surface area contributed by atoms with Crippen molar-refractivity contribution >= 4 is 11.7 Å². The van der Waals surface area contributed by atoms with E-state index in [9.17, 15) is 4.79 Å². The molecule has 2 aliphatic rings. The number of amides is 1. The van der Waals surface area contributed by atoms with Gasteiger partial charge in [0.2, 0.25) is 6.79 Å². The first-order valence-electron chi connectivity index (χ1n) is 10.6. The lowest BCUT2D eigenvalue weighted by molar-refractivity contribution is -0.133. The Morgan fingerprint density at radius 1 is 0.970 bits per heavy atom. The molecule has 33 heavy (non-hydrogen) atoms. The van der Waals surface area contributed by atoms with Gasteiger partial charge in [-0.1, -0.05) is 0 Å². The number of aromatic nitrogens is 2. The molecule has 9 nitrogen and oxygen atoms in total. The van der Waals surface area contributed by atoms with E-state index in [-0.39, 0.29) is 19.3 Å². The molecule has 0 atom stereocenters. The molecular formula is C24H21N5O4. The van der Waals surface area contributed by atoms with Crippen molar-refractivity contribution in [2.75, 3.05) is 44.5 Å². The van der Waals surface area contributed by atoms with Gasteiger partial charge < -0.3 is 24.0 Å². The molecule has 9 heteroatoms. The number of hydrogen-bond acceptors (Lipinski definition) is 8. The molecule has 0 unspecified atom stereocenters. The highest BCUT2D eigenvalue weighted by molar-refractivity contribution is 5.78. The first kappa shape index (κ1) is 20.6. The van der Waals surface area contributed by atoms with Crippen molar-refractivity contribution in [3.8, 4) is 34.6 Å². The SMILES string of the molecule is N#Cc1ccc(OCC(=O)N2CCN(c3ccc(-c4ccc5c(c4)OCO5)nn3)CC2)cc1. The number of hydrogen-bond donors (Lipinski definition) is 0. The normalized spacial score (nSPS) is 14.6. The zero-order valence-corrected chi connectivity index (χ0v) is 17.8. The summed E-state index contributed by atoms with van der Waals surface area (Å²) >= 11 is 0. The van der Waals surface area contributed by atoms with Crippen LogP contribution in [0.5, 0.6) is 17.2 Å². The Morgan fingerprint density at radius 2 is 1.76 bits per heavy atom. The van der Waals surface area contributed by atoms with Crippen LogP contribution < -0.4 is 19.1 Å². The van der Waals surface area contributed by atoms with E-state index in [1.807, 2.05) is 30.3 Å². The third-order valence-corrected chi connectivity index (χ3v) is 5.62. The number of rotatable bonds is 5. The molecule has 3 aromatic rings. The van der Waals surface area contributed by atoms with Gasteiger partial charge in [-0.05, 0) is 54.6 Å². The Labute approximate surface area is 190 Å². The second-order valence-electron chi connectivity index (χ2n) is 7.64. The average Bonchev–Trinajstić information content (AvgIpc) is 3.36. The van der Waals surface area contributed by atoms with Crippen LogP contribution in [0.1, 0.15) is 5.56 Å². The van der Waals surface area contributed by atoms with Crippen LogP contribution in [0.3, 0.4) is 0 Å². The van der Waals surface area contributed by atoms with Gasteiger partial charge in [-0.3, -0.25) is 4.79 Å².